The van der Waals surface area contributed by atoms with Crippen molar-refractivity contribution < 1.29 is 14.3 Å². The number of amides is 1. The van der Waals surface area contributed by atoms with Gasteiger partial charge in [0, 0.05) is 18.5 Å². The monoisotopic (exact) mass is 402 g/mol. The molecule has 1 unspecified atom stereocenters. The summed E-state index contributed by atoms with van der Waals surface area (Å²) >= 11 is 0. The van der Waals surface area contributed by atoms with Gasteiger partial charge in [0.2, 0.25) is 0 Å². The fraction of sp³-hybridized carbons (Fsp3) is 0.240. The highest BCUT2D eigenvalue weighted by atomic mass is 16.5. The zero-order valence-corrected chi connectivity index (χ0v) is 17.3. The van der Waals surface area contributed by atoms with Gasteiger partial charge < -0.3 is 19.7 Å². The Morgan fingerprint density at radius 2 is 1.77 bits per heavy atom. The molecule has 4 rings (SSSR count). The molecule has 30 heavy (non-hydrogen) atoms. The first kappa shape index (κ1) is 20.0. The third-order valence-electron chi connectivity index (χ3n) is 5.27. The van der Waals surface area contributed by atoms with Gasteiger partial charge in [-0.1, -0.05) is 30.3 Å². The Morgan fingerprint density at radius 3 is 2.50 bits per heavy atom. The molecule has 0 bridgehead atoms. The van der Waals surface area contributed by atoms with Gasteiger partial charge >= 0.3 is 0 Å². The summed E-state index contributed by atoms with van der Waals surface area (Å²) in [5, 5.41) is 3.06. The van der Waals surface area contributed by atoms with Gasteiger partial charge in [0.1, 0.15) is 17.2 Å². The van der Waals surface area contributed by atoms with Gasteiger partial charge in [0.05, 0.1) is 12.6 Å². The molecule has 5 heteroatoms. The molecule has 3 aromatic rings. The average Bonchev–Trinajstić information content (AvgIpc) is 3.23. The largest absolute Gasteiger partial charge is 0.493 e. The predicted molar refractivity (Wildman–Crippen MR) is 117 cm³/mol. The molecule has 0 spiro atoms. The van der Waals surface area contributed by atoms with Crippen LogP contribution in [0.15, 0.2) is 72.8 Å². The number of para-hydroxylation sites is 1. The van der Waals surface area contributed by atoms with Crippen LogP contribution in [-0.4, -0.2) is 38.1 Å². The molecule has 0 saturated heterocycles. The van der Waals surface area contributed by atoms with Gasteiger partial charge in [-0.2, -0.15) is 0 Å². The molecule has 1 aliphatic rings. The molecule has 154 valence electrons. The second-order valence-electron chi connectivity index (χ2n) is 7.59. The van der Waals surface area contributed by atoms with Crippen molar-refractivity contribution in [1.29, 1.82) is 0 Å². The number of carbonyl (C=O) groups is 1. The zero-order valence-electron chi connectivity index (χ0n) is 17.3. The lowest BCUT2D eigenvalue weighted by Crippen LogP contribution is -2.34. The van der Waals surface area contributed by atoms with Crippen molar-refractivity contribution in [2.75, 3.05) is 27.2 Å². The Kier molecular flexibility index (Phi) is 6.00. The maximum absolute atomic E-state index is 12.7. The Hall–Kier alpha value is -3.31. The van der Waals surface area contributed by atoms with Crippen LogP contribution >= 0.6 is 0 Å². The topological polar surface area (TPSA) is 50.8 Å². The number of nitrogens with zero attached hydrogens (tertiary/aromatic N) is 1. The maximum Gasteiger partial charge on any atom is 0.251 e. The smallest absolute Gasteiger partial charge is 0.251 e. The lowest BCUT2D eigenvalue weighted by atomic mass is 10.0. The Bertz CT molecular complexity index is 1000. The number of carbonyl (C=O) groups excluding carboxylic acids is 1. The molecule has 1 atom stereocenters. The number of fused-ring (bicyclic) bond motifs is 1. The summed E-state index contributed by atoms with van der Waals surface area (Å²) in [4.78, 5) is 14.8. The van der Waals surface area contributed by atoms with Gasteiger partial charge in [0.15, 0.2) is 0 Å². The van der Waals surface area contributed by atoms with E-state index >= 15 is 0 Å². The van der Waals surface area contributed by atoms with Gasteiger partial charge in [-0.3, -0.25) is 4.79 Å². The normalized spacial score (nSPS) is 13.4. The van der Waals surface area contributed by atoms with Crippen molar-refractivity contribution in [2.24, 2.45) is 0 Å². The van der Waals surface area contributed by atoms with Crippen molar-refractivity contribution in [3.63, 3.8) is 0 Å². The molecule has 0 aliphatic carbocycles. The first-order valence-electron chi connectivity index (χ1n) is 10.1. The maximum atomic E-state index is 12.7. The minimum atomic E-state index is -0.0994. The van der Waals surface area contributed by atoms with Crippen LogP contribution in [0.1, 0.15) is 27.5 Å². The van der Waals surface area contributed by atoms with Crippen molar-refractivity contribution in [2.45, 2.75) is 12.5 Å². The second-order valence-corrected chi connectivity index (χ2v) is 7.59. The van der Waals surface area contributed by atoms with E-state index in [0.29, 0.717) is 17.9 Å². The van der Waals surface area contributed by atoms with E-state index in [0.717, 1.165) is 24.5 Å². The molecular weight excluding hydrogens is 376 g/mol. The van der Waals surface area contributed by atoms with Crippen LogP contribution in [0.5, 0.6) is 17.2 Å². The van der Waals surface area contributed by atoms with Gasteiger partial charge in [-0.15, -0.1) is 0 Å². The quantitative estimate of drug-likeness (QED) is 0.635. The lowest BCUT2D eigenvalue weighted by Gasteiger charge is -2.25. The van der Waals surface area contributed by atoms with Crippen LogP contribution in [0.4, 0.5) is 0 Å². The highest BCUT2D eigenvalue weighted by Gasteiger charge is 2.19. The Labute approximate surface area is 177 Å². The first-order valence-corrected chi connectivity index (χ1v) is 10.1. The second kappa shape index (κ2) is 9.01. The van der Waals surface area contributed by atoms with E-state index in [4.69, 9.17) is 9.47 Å². The van der Waals surface area contributed by atoms with Crippen molar-refractivity contribution >= 4 is 5.91 Å². The van der Waals surface area contributed by atoms with E-state index in [1.54, 1.807) is 12.1 Å². The predicted octanol–water partition coefficient (Wildman–Crippen LogP) is 4.45. The van der Waals surface area contributed by atoms with E-state index in [2.05, 4.69) is 22.3 Å². The van der Waals surface area contributed by atoms with E-state index in [9.17, 15) is 4.79 Å². The number of rotatable bonds is 7. The number of benzene rings is 3. The summed E-state index contributed by atoms with van der Waals surface area (Å²) in [6, 6.07) is 23.2. The fourth-order valence-electron chi connectivity index (χ4n) is 3.60. The summed E-state index contributed by atoms with van der Waals surface area (Å²) in [6.07, 6.45) is 0.938. The lowest BCUT2D eigenvalue weighted by molar-refractivity contribution is 0.0942. The van der Waals surface area contributed by atoms with Crippen molar-refractivity contribution in [3.8, 4) is 17.2 Å². The molecular formula is C25H26N2O3. The molecule has 0 aromatic heterocycles. The highest BCUT2D eigenvalue weighted by Crippen LogP contribution is 2.29. The van der Waals surface area contributed by atoms with Gasteiger partial charge in [-0.25, -0.2) is 0 Å². The SMILES string of the molecule is CN(C)C(CNC(=O)c1ccc(Oc2ccccc2)cc1)c1ccc2c(c1)CCO2. The van der Waals surface area contributed by atoms with Gasteiger partial charge in [0.25, 0.3) is 5.91 Å². The third-order valence-corrected chi connectivity index (χ3v) is 5.27. The molecule has 1 amide bonds. The van der Waals surface area contributed by atoms with Gasteiger partial charge in [-0.05, 0) is 67.7 Å². The first-order chi connectivity index (χ1) is 14.6. The number of hydrogen-bond acceptors (Lipinski definition) is 4. The molecule has 0 radical (unpaired) electrons. The number of ether oxygens (including phenoxy) is 2. The van der Waals surface area contributed by atoms with Crippen molar-refractivity contribution in [1.82, 2.24) is 10.2 Å². The highest BCUT2D eigenvalue weighted by molar-refractivity contribution is 5.94. The summed E-state index contributed by atoms with van der Waals surface area (Å²) in [7, 11) is 4.05. The number of nitrogens with one attached hydrogen (secondary N) is 1. The molecule has 3 aromatic carbocycles. The minimum Gasteiger partial charge on any atom is -0.493 e. The number of hydrogen-bond donors (Lipinski definition) is 1. The summed E-state index contributed by atoms with van der Waals surface area (Å²) in [6.45, 7) is 1.26. The Morgan fingerprint density at radius 1 is 1.03 bits per heavy atom. The standard InChI is InChI=1S/C25H26N2O3/c1-27(2)23(19-10-13-24-20(16-19)14-15-29-24)17-26-25(28)18-8-11-22(12-9-18)30-21-6-4-3-5-7-21/h3-13,16,23H,14-15,17H2,1-2H3,(H,26,28). The Balaban J connectivity index is 1.39. The third kappa shape index (κ3) is 4.63. The molecule has 0 fully saturated rings. The van der Waals surface area contributed by atoms with Crippen LogP contribution < -0.4 is 14.8 Å². The van der Waals surface area contributed by atoms with E-state index in [-0.39, 0.29) is 11.9 Å². The average molecular weight is 402 g/mol. The summed E-state index contributed by atoms with van der Waals surface area (Å²) < 4.78 is 11.4. The minimum absolute atomic E-state index is 0.0838. The van der Waals surface area contributed by atoms with Crippen LogP contribution in [0.25, 0.3) is 0 Å². The number of likely N-dealkylation sites (N-methyl/N-ethyl adjacent to an activating group) is 1. The van der Waals surface area contributed by atoms with Crippen LogP contribution in [0.3, 0.4) is 0 Å². The molecule has 5 nitrogen and oxygen atoms in total. The molecule has 1 aliphatic heterocycles. The molecule has 1 heterocycles. The zero-order chi connectivity index (χ0) is 20.9. The van der Waals surface area contributed by atoms with Crippen LogP contribution in [-0.2, 0) is 6.42 Å². The van der Waals surface area contributed by atoms with Crippen molar-refractivity contribution in [3.05, 3.63) is 89.5 Å². The van der Waals surface area contributed by atoms with Crippen LogP contribution in [0, 0.1) is 0 Å². The summed E-state index contributed by atoms with van der Waals surface area (Å²) in [5.74, 6) is 2.34. The molecule has 0 saturated carbocycles. The summed E-state index contributed by atoms with van der Waals surface area (Å²) in [5.41, 5.74) is 3.02. The molecule has 1 N–H and O–H groups in total. The van der Waals surface area contributed by atoms with Crippen LogP contribution in [0.2, 0.25) is 0 Å². The fourth-order valence-corrected chi connectivity index (χ4v) is 3.60. The van der Waals surface area contributed by atoms with E-state index in [1.807, 2.05) is 62.6 Å². The van der Waals surface area contributed by atoms with E-state index in [1.165, 1.54) is 11.1 Å². The van der Waals surface area contributed by atoms with E-state index < -0.39 is 0 Å².